The predicted octanol–water partition coefficient (Wildman–Crippen LogP) is 4.90. The second-order valence-corrected chi connectivity index (χ2v) is 10.5. The topological polar surface area (TPSA) is 58.6 Å². The maximum absolute atomic E-state index is 13.4. The summed E-state index contributed by atoms with van der Waals surface area (Å²) >= 11 is 0. The molecule has 0 atom stereocenters. The van der Waals surface area contributed by atoms with Crippen molar-refractivity contribution in [2.45, 2.75) is 76.4 Å². The molecule has 1 heterocycles. The summed E-state index contributed by atoms with van der Waals surface area (Å²) in [5.74, 6) is 0.133. The van der Waals surface area contributed by atoms with E-state index in [1.165, 1.54) is 19.2 Å². The van der Waals surface area contributed by atoms with Gasteiger partial charge >= 0.3 is 6.18 Å². The van der Waals surface area contributed by atoms with Crippen molar-refractivity contribution in [2.24, 2.45) is 11.3 Å². The predicted molar refractivity (Wildman–Crippen MR) is 118 cm³/mol. The number of hydrogen-bond acceptors (Lipinski definition) is 3. The second-order valence-electron chi connectivity index (χ2n) is 10.5. The molecule has 1 aromatic carbocycles. The summed E-state index contributed by atoms with van der Waals surface area (Å²) in [7, 11) is 1.25. The molecule has 2 amide bonds. The smallest absolute Gasteiger partial charge is 0.419 e. The second kappa shape index (κ2) is 8.51. The van der Waals surface area contributed by atoms with Crippen LogP contribution in [0.25, 0.3) is 0 Å². The van der Waals surface area contributed by atoms with Gasteiger partial charge in [-0.05, 0) is 74.5 Å². The number of likely N-dealkylation sites (tertiary alicyclic amines) is 1. The number of amides is 2. The number of carbonyl (C=O) groups is 2. The summed E-state index contributed by atoms with van der Waals surface area (Å²) < 4.78 is 45.0. The maximum atomic E-state index is 13.4. The van der Waals surface area contributed by atoms with Gasteiger partial charge in [-0.15, -0.1) is 0 Å². The Morgan fingerprint density at radius 1 is 1.15 bits per heavy atom. The van der Waals surface area contributed by atoms with E-state index in [1.807, 2.05) is 18.7 Å². The van der Waals surface area contributed by atoms with Gasteiger partial charge in [-0.1, -0.05) is 13.0 Å². The zero-order valence-electron chi connectivity index (χ0n) is 19.6. The number of rotatable bonds is 5. The van der Waals surface area contributed by atoms with E-state index < -0.39 is 11.7 Å². The van der Waals surface area contributed by atoms with Crippen molar-refractivity contribution in [3.05, 3.63) is 29.3 Å². The number of nitrogens with one attached hydrogen (secondary N) is 1. The van der Waals surface area contributed by atoms with Crippen molar-refractivity contribution in [1.82, 2.24) is 10.2 Å². The molecule has 2 saturated carbocycles. The molecule has 8 heteroatoms. The fraction of sp³-hybridized carbons (Fsp3) is 0.680. The summed E-state index contributed by atoms with van der Waals surface area (Å²) in [5.41, 5.74) is -0.149. The van der Waals surface area contributed by atoms with E-state index in [9.17, 15) is 22.8 Å². The number of methoxy groups -OCH3 is 1. The molecule has 4 rings (SSSR count). The van der Waals surface area contributed by atoms with Crippen LogP contribution < -0.4 is 10.1 Å². The average molecular weight is 467 g/mol. The van der Waals surface area contributed by atoms with E-state index in [0.29, 0.717) is 32.4 Å². The Hall–Kier alpha value is -2.25. The number of ether oxygens (including phenoxy) is 1. The first-order valence-electron chi connectivity index (χ1n) is 11.8. The van der Waals surface area contributed by atoms with Crippen LogP contribution in [0.1, 0.15) is 75.8 Å². The van der Waals surface area contributed by atoms with Gasteiger partial charge in [0.2, 0.25) is 11.8 Å². The molecular weight excluding hydrogens is 433 g/mol. The number of piperidine rings is 1. The van der Waals surface area contributed by atoms with E-state index in [-0.39, 0.29) is 40.4 Å². The normalized spacial score (nSPS) is 27.0. The van der Waals surface area contributed by atoms with Crippen molar-refractivity contribution in [3.63, 3.8) is 0 Å². The molecule has 0 radical (unpaired) electrons. The third-order valence-electron chi connectivity index (χ3n) is 8.00. The monoisotopic (exact) mass is 466 g/mol. The first kappa shape index (κ1) is 23.9. The van der Waals surface area contributed by atoms with Crippen molar-refractivity contribution in [2.75, 3.05) is 20.2 Å². The number of halogens is 3. The van der Waals surface area contributed by atoms with Crippen LogP contribution in [0.4, 0.5) is 13.2 Å². The minimum Gasteiger partial charge on any atom is -0.496 e. The zero-order valence-corrected chi connectivity index (χ0v) is 19.6. The van der Waals surface area contributed by atoms with Gasteiger partial charge < -0.3 is 15.0 Å². The van der Waals surface area contributed by atoms with Gasteiger partial charge in [0.1, 0.15) is 5.75 Å². The first-order chi connectivity index (χ1) is 15.5. The molecule has 1 spiro atoms. The molecule has 1 saturated heterocycles. The highest BCUT2D eigenvalue weighted by atomic mass is 19.4. The van der Waals surface area contributed by atoms with Gasteiger partial charge in [0, 0.05) is 31.0 Å². The van der Waals surface area contributed by atoms with Gasteiger partial charge in [-0.25, -0.2) is 0 Å². The number of nitrogens with zero attached hydrogens (tertiary/aromatic N) is 1. The van der Waals surface area contributed by atoms with E-state index in [0.717, 1.165) is 31.2 Å². The van der Waals surface area contributed by atoms with Crippen molar-refractivity contribution >= 4 is 11.8 Å². The third kappa shape index (κ3) is 4.71. The maximum Gasteiger partial charge on any atom is 0.419 e. The van der Waals surface area contributed by atoms with Gasteiger partial charge in [-0.3, -0.25) is 9.59 Å². The molecule has 0 aromatic heterocycles. The number of carbonyl (C=O) groups excluding carboxylic acids is 2. The molecule has 5 nitrogen and oxygen atoms in total. The molecule has 1 N–H and O–H groups in total. The SMILES string of the molecule is CCC(=O)NC1(C)CC(C(=O)N2CCC3(CC2)CC(c2ccc(OC)c(C(F)(F)F)c2)C3)C1. The molecule has 3 aliphatic rings. The van der Waals surface area contributed by atoms with Crippen LogP contribution in [-0.2, 0) is 15.8 Å². The fourth-order valence-electron chi connectivity index (χ4n) is 6.02. The standard InChI is InChI=1S/C25H33F3N2O3/c1-4-21(31)29-23(2)12-18(13-23)22(32)30-9-7-24(8-10-30)14-17(15-24)16-5-6-20(33-3)19(11-16)25(26,27)28/h5-6,11,17-18H,4,7-10,12-15H2,1-3H3,(H,29,31). The van der Waals surface area contributed by atoms with E-state index in [2.05, 4.69) is 5.32 Å². The summed E-state index contributed by atoms with van der Waals surface area (Å²) in [6.07, 6.45) is 0.887. The molecule has 0 unspecified atom stereocenters. The minimum atomic E-state index is -4.44. The van der Waals surface area contributed by atoms with Crippen LogP contribution >= 0.6 is 0 Å². The van der Waals surface area contributed by atoms with Crippen LogP contribution in [0.5, 0.6) is 5.75 Å². The van der Waals surface area contributed by atoms with Crippen molar-refractivity contribution in [1.29, 1.82) is 0 Å². The van der Waals surface area contributed by atoms with Crippen LogP contribution in [0.2, 0.25) is 0 Å². The van der Waals surface area contributed by atoms with E-state index in [4.69, 9.17) is 4.74 Å². The van der Waals surface area contributed by atoms with Crippen LogP contribution in [0, 0.1) is 11.3 Å². The Kier molecular flexibility index (Phi) is 6.16. The highest BCUT2D eigenvalue weighted by Gasteiger charge is 2.50. The lowest BCUT2D eigenvalue weighted by molar-refractivity contribution is -0.146. The molecule has 182 valence electrons. The Bertz CT molecular complexity index is 908. The summed E-state index contributed by atoms with van der Waals surface area (Å²) in [6.45, 7) is 5.22. The van der Waals surface area contributed by atoms with Crippen LogP contribution in [0.3, 0.4) is 0 Å². The number of hydrogen-bond donors (Lipinski definition) is 1. The largest absolute Gasteiger partial charge is 0.496 e. The lowest BCUT2D eigenvalue weighted by Gasteiger charge is -2.54. The van der Waals surface area contributed by atoms with Gasteiger partial charge in [0.25, 0.3) is 0 Å². The Morgan fingerprint density at radius 2 is 1.79 bits per heavy atom. The third-order valence-corrected chi connectivity index (χ3v) is 8.00. The molecule has 0 bridgehead atoms. The highest BCUT2D eigenvalue weighted by Crippen LogP contribution is 2.57. The Balaban J connectivity index is 1.29. The summed E-state index contributed by atoms with van der Waals surface area (Å²) in [6, 6.07) is 4.40. The molecular formula is C25H33F3N2O3. The van der Waals surface area contributed by atoms with Crippen LogP contribution in [-0.4, -0.2) is 42.5 Å². The minimum absolute atomic E-state index is 0.0158. The van der Waals surface area contributed by atoms with Gasteiger partial charge in [0.05, 0.1) is 12.7 Å². The quantitative estimate of drug-likeness (QED) is 0.672. The first-order valence-corrected chi connectivity index (χ1v) is 11.8. The number of alkyl halides is 3. The van der Waals surface area contributed by atoms with Crippen molar-refractivity contribution < 1.29 is 27.5 Å². The summed E-state index contributed by atoms with van der Waals surface area (Å²) in [4.78, 5) is 26.5. The fourth-order valence-corrected chi connectivity index (χ4v) is 6.02. The molecule has 1 aromatic rings. The van der Waals surface area contributed by atoms with E-state index >= 15 is 0 Å². The van der Waals surface area contributed by atoms with Crippen molar-refractivity contribution in [3.8, 4) is 5.75 Å². The van der Waals surface area contributed by atoms with E-state index in [1.54, 1.807) is 6.07 Å². The summed E-state index contributed by atoms with van der Waals surface area (Å²) in [5, 5.41) is 3.01. The molecule has 3 fully saturated rings. The van der Waals surface area contributed by atoms with Gasteiger partial charge in [-0.2, -0.15) is 13.2 Å². The zero-order chi connectivity index (χ0) is 24.0. The highest BCUT2D eigenvalue weighted by molar-refractivity contribution is 5.82. The molecule has 2 aliphatic carbocycles. The van der Waals surface area contributed by atoms with Gasteiger partial charge in [0.15, 0.2) is 0 Å². The van der Waals surface area contributed by atoms with Crippen LogP contribution in [0.15, 0.2) is 18.2 Å². The Labute approximate surface area is 193 Å². The molecule has 1 aliphatic heterocycles. The lowest BCUT2D eigenvalue weighted by atomic mass is 9.56. The number of benzene rings is 1. The molecule has 33 heavy (non-hydrogen) atoms. The Morgan fingerprint density at radius 3 is 2.33 bits per heavy atom. The lowest BCUT2D eigenvalue weighted by Crippen LogP contribution is -2.59. The average Bonchev–Trinajstić information content (AvgIpc) is 2.74.